The van der Waals surface area contributed by atoms with E-state index in [1.54, 1.807) is 6.42 Å². The van der Waals surface area contributed by atoms with Gasteiger partial charge in [-0.1, -0.05) is 20.3 Å². The van der Waals surface area contributed by atoms with E-state index in [1.807, 2.05) is 13.8 Å². The van der Waals surface area contributed by atoms with Crippen LogP contribution in [0.2, 0.25) is 0 Å². The van der Waals surface area contributed by atoms with Crippen molar-refractivity contribution in [3.8, 4) is 0 Å². The van der Waals surface area contributed by atoms with Crippen molar-refractivity contribution in [2.45, 2.75) is 13.8 Å². The average Bonchev–Trinajstić information content (AvgIpc) is 1.98. The van der Waals surface area contributed by atoms with Gasteiger partial charge in [-0.15, -0.1) is 5.57 Å². The minimum absolute atomic E-state index is 0. The molecule has 51 valence electrons. The normalized spacial score (nSPS) is 17.0. The standard InChI is InChI=1S/C8H9O.Y/c1-5-4-8(9)7(3)6(5)2;/h4H,1H2,2-3H3;/q-1;. The molecule has 0 fully saturated rings. The summed E-state index contributed by atoms with van der Waals surface area (Å²) in [6.45, 7) is 7.44. The Morgan fingerprint density at radius 1 is 1.30 bits per heavy atom. The first-order valence-corrected chi connectivity index (χ1v) is 2.89. The second-order valence-corrected chi connectivity index (χ2v) is 2.28. The Balaban J connectivity index is 0.000000810. The minimum Gasteiger partial charge on any atom is -0.312 e. The largest absolute Gasteiger partial charge is 0.312 e. The summed E-state index contributed by atoms with van der Waals surface area (Å²) in [6, 6.07) is 0. The molecule has 1 nitrogen and oxygen atoms in total. The maximum absolute atomic E-state index is 10.8. The molecule has 0 aromatic rings. The number of Topliss-reactive ketones (excluding diaryl/α,β-unsaturated/α-hetero) is 1. The zero-order chi connectivity index (χ0) is 7.02. The fourth-order valence-electron chi connectivity index (χ4n) is 0.800. The van der Waals surface area contributed by atoms with Gasteiger partial charge in [-0.2, -0.15) is 17.7 Å². The van der Waals surface area contributed by atoms with Crippen molar-refractivity contribution in [3.63, 3.8) is 0 Å². The van der Waals surface area contributed by atoms with Crippen molar-refractivity contribution in [1.29, 1.82) is 0 Å². The molecule has 2 heteroatoms. The predicted molar refractivity (Wildman–Crippen MR) is 36.8 cm³/mol. The summed E-state index contributed by atoms with van der Waals surface area (Å²) in [5.74, 6) is 0.109. The van der Waals surface area contributed by atoms with Crippen LogP contribution < -0.4 is 0 Å². The SMILES string of the molecule is C=C1[CH-]C(=O)C(C)=C1C.[Y]. The molecule has 10 heavy (non-hydrogen) atoms. The van der Waals surface area contributed by atoms with Crippen molar-refractivity contribution < 1.29 is 37.5 Å². The van der Waals surface area contributed by atoms with Gasteiger partial charge in [0.25, 0.3) is 0 Å². The van der Waals surface area contributed by atoms with Crippen LogP contribution in [-0.4, -0.2) is 5.78 Å². The maximum atomic E-state index is 10.8. The van der Waals surface area contributed by atoms with Crippen LogP contribution >= 0.6 is 0 Å². The van der Waals surface area contributed by atoms with Crippen molar-refractivity contribution in [2.75, 3.05) is 0 Å². The summed E-state index contributed by atoms with van der Waals surface area (Å²) >= 11 is 0. The number of rotatable bonds is 0. The predicted octanol–water partition coefficient (Wildman–Crippen LogP) is 1.66. The van der Waals surface area contributed by atoms with Crippen molar-refractivity contribution in [2.24, 2.45) is 0 Å². The van der Waals surface area contributed by atoms with Crippen LogP contribution in [-0.2, 0) is 37.5 Å². The fraction of sp³-hybridized carbons (Fsp3) is 0.250. The average molecular weight is 210 g/mol. The van der Waals surface area contributed by atoms with Gasteiger partial charge in [-0.25, -0.2) is 0 Å². The van der Waals surface area contributed by atoms with Gasteiger partial charge < -0.3 is 4.79 Å². The van der Waals surface area contributed by atoms with Crippen LogP contribution in [0, 0.1) is 6.42 Å². The third-order valence-electron chi connectivity index (χ3n) is 1.72. The number of hydrogen-bond acceptors (Lipinski definition) is 1. The molecular weight excluding hydrogens is 201 g/mol. The number of ketones is 1. The molecule has 0 atom stereocenters. The monoisotopic (exact) mass is 210 g/mol. The molecule has 0 saturated carbocycles. The second-order valence-electron chi connectivity index (χ2n) is 2.28. The summed E-state index contributed by atoms with van der Waals surface area (Å²) in [4.78, 5) is 10.8. The topological polar surface area (TPSA) is 17.1 Å². The molecule has 0 aromatic heterocycles. The van der Waals surface area contributed by atoms with Gasteiger partial charge in [0.2, 0.25) is 0 Å². The first kappa shape index (κ1) is 10.1. The second kappa shape index (κ2) is 3.50. The van der Waals surface area contributed by atoms with Crippen LogP contribution in [0.25, 0.3) is 0 Å². The fourth-order valence-corrected chi connectivity index (χ4v) is 0.800. The van der Waals surface area contributed by atoms with Crippen LogP contribution in [0.3, 0.4) is 0 Å². The third-order valence-corrected chi connectivity index (χ3v) is 1.72. The van der Waals surface area contributed by atoms with Gasteiger partial charge in [-0.05, 0) is 0 Å². The van der Waals surface area contributed by atoms with Crippen molar-refractivity contribution in [3.05, 3.63) is 29.7 Å². The Morgan fingerprint density at radius 3 is 1.90 bits per heavy atom. The van der Waals surface area contributed by atoms with Gasteiger partial charge in [-0.3, -0.25) is 0 Å². The quantitative estimate of drug-likeness (QED) is 0.555. The van der Waals surface area contributed by atoms with Crippen molar-refractivity contribution in [1.82, 2.24) is 0 Å². The molecule has 0 spiro atoms. The molecule has 1 radical (unpaired) electrons. The number of carbonyl (C=O) groups excluding carboxylic acids is 1. The molecule has 0 heterocycles. The molecule has 0 aromatic carbocycles. The van der Waals surface area contributed by atoms with Gasteiger partial charge >= 0.3 is 0 Å². The zero-order valence-corrected chi connectivity index (χ0v) is 9.11. The Morgan fingerprint density at radius 2 is 1.80 bits per heavy atom. The Labute approximate surface area is 86.5 Å². The molecule has 1 aliphatic rings. The summed E-state index contributed by atoms with van der Waals surface area (Å²) in [5.41, 5.74) is 2.72. The first-order chi connectivity index (χ1) is 4.13. The molecule has 0 unspecified atom stereocenters. The molecule has 1 rings (SSSR count). The van der Waals surface area contributed by atoms with Gasteiger partial charge in [0.1, 0.15) is 0 Å². The van der Waals surface area contributed by atoms with E-state index in [4.69, 9.17) is 0 Å². The Kier molecular flexibility index (Phi) is 3.54. The summed E-state index contributed by atoms with van der Waals surface area (Å²) < 4.78 is 0. The van der Waals surface area contributed by atoms with E-state index < -0.39 is 0 Å². The first-order valence-electron chi connectivity index (χ1n) is 2.89. The minimum atomic E-state index is 0. The maximum Gasteiger partial charge on any atom is 0.0929 e. The van der Waals surface area contributed by atoms with Crippen molar-refractivity contribution >= 4 is 5.78 Å². The van der Waals surface area contributed by atoms with E-state index >= 15 is 0 Å². The smallest absolute Gasteiger partial charge is 0.0929 e. The Hall–Kier alpha value is 0.124. The van der Waals surface area contributed by atoms with Gasteiger partial charge in [0.15, 0.2) is 0 Å². The number of carbonyl (C=O) groups is 1. The molecular formula is C8H9OY-. The van der Waals surface area contributed by atoms with E-state index in [0.29, 0.717) is 0 Å². The van der Waals surface area contributed by atoms with Crippen LogP contribution in [0.4, 0.5) is 0 Å². The molecule has 0 bridgehead atoms. The summed E-state index contributed by atoms with van der Waals surface area (Å²) in [6.07, 6.45) is 1.57. The van der Waals surface area contributed by atoms with Crippen LogP contribution in [0.15, 0.2) is 23.3 Å². The number of allylic oxidation sites excluding steroid dienone is 3. The van der Waals surface area contributed by atoms with E-state index in [2.05, 4.69) is 6.58 Å². The van der Waals surface area contributed by atoms with Crippen LogP contribution in [0.1, 0.15) is 13.8 Å². The van der Waals surface area contributed by atoms with Gasteiger partial charge in [0.05, 0.1) is 5.78 Å². The van der Waals surface area contributed by atoms with E-state index in [9.17, 15) is 4.79 Å². The van der Waals surface area contributed by atoms with Gasteiger partial charge in [0, 0.05) is 32.7 Å². The molecule has 0 aliphatic heterocycles. The van der Waals surface area contributed by atoms with E-state index in [0.717, 1.165) is 16.7 Å². The Bertz CT molecular complexity index is 191. The van der Waals surface area contributed by atoms with E-state index in [-0.39, 0.29) is 38.5 Å². The van der Waals surface area contributed by atoms with E-state index in [1.165, 1.54) is 0 Å². The van der Waals surface area contributed by atoms with Crippen LogP contribution in [0.5, 0.6) is 0 Å². The summed E-state index contributed by atoms with van der Waals surface area (Å²) in [7, 11) is 0. The zero-order valence-electron chi connectivity index (χ0n) is 6.27. The molecule has 0 amide bonds. The number of hydrogen-bond donors (Lipinski definition) is 0. The third kappa shape index (κ3) is 1.59. The molecule has 1 aliphatic carbocycles. The summed E-state index contributed by atoms with van der Waals surface area (Å²) in [5, 5.41) is 0. The molecule has 0 N–H and O–H groups in total. The molecule has 0 saturated heterocycles.